The number of rotatable bonds is 2. The molecule has 2 heterocycles. The maximum atomic E-state index is 5.34. The van der Waals surface area contributed by atoms with Gasteiger partial charge in [-0.05, 0) is 25.0 Å². The topological polar surface area (TPSA) is 25.4 Å². The van der Waals surface area contributed by atoms with E-state index >= 15 is 0 Å². The Kier molecular flexibility index (Phi) is 3.59. The van der Waals surface area contributed by atoms with E-state index in [0.717, 1.165) is 36.2 Å². The lowest BCUT2D eigenvalue weighted by molar-refractivity contribution is 0.0818. The summed E-state index contributed by atoms with van der Waals surface area (Å²) in [5.41, 5.74) is 0. The highest BCUT2D eigenvalue weighted by atomic mass is 79.9. The number of pyridine rings is 1. The van der Waals surface area contributed by atoms with Crippen LogP contribution < -0.4 is 4.90 Å². The van der Waals surface area contributed by atoms with Crippen molar-refractivity contribution in [2.24, 2.45) is 0 Å². The molecule has 15 heavy (non-hydrogen) atoms. The molecular weight excluding hydrogens is 256 g/mol. The summed E-state index contributed by atoms with van der Waals surface area (Å²) < 4.78 is 6.43. The van der Waals surface area contributed by atoms with Crippen molar-refractivity contribution in [2.45, 2.75) is 18.9 Å². The summed E-state index contributed by atoms with van der Waals surface area (Å²) in [7, 11) is 1.79. The second-order valence-electron chi connectivity index (χ2n) is 3.75. The first-order valence-corrected chi connectivity index (χ1v) is 5.98. The molecule has 0 aromatic carbocycles. The van der Waals surface area contributed by atoms with Gasteiger partial charge in [-0.25, -0.2) is 4.98 Å². The molecule has 0 atom stereocenters. The van der Waals surface area contributed by atoms with Gasteiger partial charge in [-0.15, -0.1) is 0 Å². The molecule has 4 heteroatoms. The third-order valence-electron chi connectivity index (χ3n) is 2.81. The van der Waals surface area contributed by atoms with E-state index in [2.05, 4.69) is 31.9 Å². The Morgan fingerprint density at radius 2 is 2.20 bits per heavy atom. The first-order chi connectivity index (χ1) is 7.29. The molecule has 0 saturated carbocycles. The highest BCUT2D eigenvalue weighted by Crippen LogP contribution is 2.21. The van der Waals surface area contributed by atoms with Gasteiger partial charge in [-0.2, -0.15) is 0 Å². The average molecular weight is 271 g/mol. The van der Waals surface area contributed by atoms with Crippen molar-refractivity contribution in [3.63, 3.8) is 0 Å². The minimum atomic E-state index is 0.424. The fourth-order valence-corrected chi connectivity index (χ4v) is 2.21. The van der Waals surface area contributed by atoms with Crippen molar-refractivity contribution < 1.29 is 4.74 Å². The van der Waals surface area contributed by atoms with Crippen LogP contribution in [0.1, 0.15) is 12.8 Å². The number of hydrogen-bond donors (Lipinski definition) is 0. The number of aromatic nitrogens is 1. The number of hydrogen-bond acceptors (Lipinski definition) is 3. The van der Waals surface area contributed by atoms with Crippen LogP contribution in [-0.2, 0) is 4.74 Å². The minimum absolute atomic E-state index is 0.424. The fraction of sp³-hybridized carbons (Fsp3) is 0.545. The van der Waals surface area contributed by atoms with Crippen molar-refractivity contribution in [3.8, 4) is 0 Å². The van der Waals surface area contributed by atoms with Crippen LogP contribution in [0.4, 0.5) is 5.82 Å². The van der Waals surface area contributed by atoms with E-state index < -0.39 is 0 Å². The Morgan fingerprint density at radius 1 is 1.47 bits per heavy atom. The largest absolute Gasteiger partial charge is 0.381 e. The number of anilines is 1. The van der Waals surface area contributed by atoms with Gasteiger partial charge in [0, 0.05) is 30.9 Å². The van der Waals surface area contributed by atoms with Gasteiger partial charge in [0.1, 0.15) is 5.82 Å². The van der Waals surface area contributed by atoms with Crippen LogP contribution in [0.2, 0.25) is 0 Å². The van der Waals surface area contributed by atoms with E-state index in [1.165, 1.54) is 0 Å². The van der Waals surface area contributed by atoms with Gasteiger partial charge in [0.25, 0.3) is 0 Å². The molecule has 2 rings (SSSR count). The summed E-state index contributed by atoms with van der Waals surface area (Å²) in [5, 5.41) is 0. The minimum Gasteiger partial charge on any atom is -0.381 e. The summed E-state index contributed by atoms with van der Waals surface area (Å²) >= 11 is 3.46. The SMILES string of the molecule is COC1CCN(c2cc(Br)ccn2)CC1. The number of nitrogens with zero attached hydrogens (tertiary/aromatic N) is 2. The van der Waals surface area contributed by atoms with Crippen molar-refractivity contribution in [3.05, 3.63) is 22.8 Å². The van der Waals surface area contributed by atoms with Crippen molar-refractivity contribution >= 4 is 21.7 Å². The second kappa shape index (κ2) is 4.94. The summed E-state index contributed by atoms with van der Waals surface area (Å²) in [6.07, 6.45) is 4.44. The van der Waals surface area contributed by atoms with Crippen LogP contribution in [0.5, 0.6) is 0 Å². The first-order valence-electron chi connectivity index (χ1n) is 5.19. The molecule has 1 aromatic heterocycles. The number of ether oxygens (including phenoxy) is 1. The van der Waals surface area contributed by atoms with E-state index in [1.54, 1.807) is 7.11 Å². The molecule has 0 aliphatic carbocycles. The van der Waals surface area contributed by atoms with Gasteiger partial charge < -0.3 is 9.64 Å². The molecule has 0 amide bonds. The van der Waals surface area contributed by atoms with E-state index in [9.17, 15) is 0 Å². The van der Waals surface area contributed by atoms with Crippen LogP contribution in [0.3, 0.4) is 0 Å². The normalized spacial score (nSPS) is 18.1. The van der Waals surface area contributed by atoms with Gasteiger partial charge in [0.15, 0.2) is 0 Å². The zero-order chi connectivity index (χ0) is 10.7. The number of halogens is 1. The Bertz CT molecular complexity index is 324. The average Bonchev–Trinajstić information content (AvgIpc) is 2.29. The molecule has 1 aliphatic rings. The van der Waals surface area contributed by atoms with Crippen molar-refractivity contribution in [1.29, 1.82) is 0 Å². The van der Waals surface area contributed by atoms with Crippen molar-refractivity contribution in [2.75, 3.05) is 25.1 Å². The van der Waals surface area contributed by atoms with E-state index in [4.69, 9.17) is 4.74 Å². The van der Waals surface area contributed by atoms with Gasteiger partial charge in [0.05, 0.1) is 6.10 Å². The lowest BCUT2D eigenvalue weighted by atomic mass is 10.1. The van der Waals surface area contributed by atoms with Crippen molar-refractivity contribution in [1.82, 2.24) is 4.98 Å². The standard InChI is InChI=1S/C11H15BrN2O/c1-15-10-3-6-14(7-4-10)11-8-9(12)2-5-13-11/h2,5,8,10H,3-4,6-7H2,1H3. The van der Waals surface area contributed by atoms with Crippen LogP contribution in [0, 0.1) is 0 Å². The maximum Gasteiger partial charge on any atom is 0.129 e. The highest BCUT2D eigenvalue weighted by Gasteiger charge is 2.19. The van der Waals surface area contributed by atoms with Gasteiger partial charge >= 0.3 is 0 Å². The molecule has 0 unspecified atom stereocenters. The van der Waals surface area contributed by atoms with E-state index in [0.29, 0.717) is 6.10 Å². The monoisotopic (exact) mass is 270 g/mol. The molecule has 1 fully saturated rings. The van der Waals surface area contributed by atoms with Crippen LogP contribution in [0.25, 0.3) is 0 Å². The predicted molar refractivity (Wildman–Crippen MR) is 64.2 cm³/mol. The smallest absolute Gasteiger partial charge is 0.129 e. The fourth-order valence-electron chi connectivity index (χ4n) is 1.89. The lowest BCUT2D eigenvalue weighted by Crippen LogP contribution is -2.37. The van der Waals surface area contributed by atoms with E-state index in [-0.39, 0.29) is 0 Å². The Balaban J connectivity index is 2.01. The first kappa shape index (κ1) is 10.9. The molecule has 1 saturated heterocycles. The number of piperidine rings is 1. The van der Waals surface area contributed by atoms with Gasteiger partial charge in [-0.1, -0.05) is 15.9 Å². The quantitative estimate of drug-likeness (QED) is 0.826. The molecule has 82 valence electrons. The zero-order valence-corrected chi connectivity index (χ0v) is 10.4. The molecule has 0 N–H and O–H groups in total. The highest BCUT2D eigenvalue weighted by molar-refractivity contribution is 9.10. The Hall–Kier alpha value is -0.610. The maximum absolute atomic E-state index is 5.34. The molecule has 3 nitrogen and oxygen atoms in total. The molecule has 1 aromatic rings. The zero-order valence-electron chi connectivity index (χ0n) is 8.82. The second-order valence-corrected chi connectivity index (χ2v) is 4.67. The summed E-state index contributed by atoms with van der Waals surface area (Å²) in [5.74, 6) is 1.05. The van der Waals surface area contributed by atoms with Crippen LogP contribution in [-0.4, -0.2) is 31.3 Å². The molecule has 0 radical (unpaired) electrons. The molecule has 1 aliphatic heterocycles. The summed E-state index contributed by atoms with van der Waals surface area (Å²) in [4.78, 5) is 6.68. The Labute approximate surface area is 98.6 Å². The van der Waals surface area contributed by atoms with Crippen LogP contribution >= 0.6 is 15.9 Å². The Morgan fingerprint density at radius 3 is 2.80 bits per heavy atom. The summed E-state index contributed by atoms with van der Waals surface area (Å²) in [6, 6.07) is 4.01. The summed E-state index contributed by atoms with van der Waals surface area (Å²) in [6.45, 7) is 2.06. The van der Waals surface area contributed by atoms with Gasteiger partial charge in [0.2, 0.25) is 0 Å². The molecular formula is C11H15BrN2O. The third-order valence-corrected chi connectivity index (χ3v) is 3.30. The number of methoxy groups -OCH3 is 1. The molecule has 0 bridgehead atoms. The molecule has 0 spiro atoms. The lowest BCUT2D eigenvalue weighted by Gasteiger charge is -2.32. The van der Waals surface area contributed by atoms with Gasteiger partial charge in [-0.3, -0.25) is 0 Å². The predicted octanol–water partition coefficient (Wildman–Crippen LogP) is 2.46. The van der Waals surface area contributed by atoms with E-state index in [1.807, 2.05) is 12.3 Å². The van der Waals surface area contributed by atoms with Crippen LogP contribution in [0.15, 0.2) is 22.8 Å². The third kappa shape index (κ3) is 2.69.